The minimum Gasteiger partial charge on any atom is -0.496 e. The normalized spacial score (nSPS) is 18.2. The zero-order chi connectivity index (χ0) is 36.8. The van der Waals surface area contributed by atoms with E-state index >= 15 is 0 Å². The monoisotopic (exact) mass is 689 g/mol. The lowest BCUT2D eigenvalue weighted by atomic mass is 9.93. The number of para-hydroxylation sites is 1. The van der Waals surface area contributed by atoms with Gasteiger partial charge in [-0.25, -0.2) is 0 Å². The Bertz CT molecular complexity index is 1260. The number of methoxy groups -OCH3 is 3. The zero-order valence-electron chi connectivity index (χ0n) is 31.0. The minimum absolute atomic E-state index is 0.0261. The number of benzene rings is 1. The third-order valence-corrected chi connectivity index (χ3v) is 9.56. The molecule has 1 aliphatic rings. The van der Waals surface area contributed by atoms with Crippen LogP contribution in [0.25, 0.3) is 0 Å². The van der Waals surface area contributed by atoms with E-state index in [4.69, 9.17) is 14.2 Å². The lowest BCUT2D eigenvalue weighted by Gasteiger charge is -2.37. The first-order valence-electron chi connectivity index (χ1n) is 17.3. The van der Waals surface area contributed by atoms with E-state index in [1.807, 2.05) is 20.8 Å². The number of likely N-dealkylation sites (tertiary alicyclic amines) is 1. The second kappa shape index (κ2) is 20.2. The predicted octanol–water partition coefficient (Wildman–Crippen LogP) is 2.42. The fraction of sp³-hybridized carbons (Fsp3) is 0.694. The number of ether oxygens (including phenoxy) is 3. The largest absolute Gasteiger partial charge is 0.496 e. The molecular formula is C36H59N5O8. The smallest absolute Gasteiger partial charge is 0.242 e. The van der Waals surface area contributed by atoms with Gasteiger partial charge in [-0.2, -0.15) is 0 Å². The Labute approximate surface area is 292 Å². The average molecular weight is 690 g/mol. The van der Waals surface area contributed by atoms with Gasteiger partial charge in [0, 0.05) is 27.8 Å². The van der Waals surface area contributed by atoms with Crippen LogP contribution in [0, 0.1) is 11.8 Å². The highest BCUT2D eigenvalue weighted by molar-refractivity contribution is 6.03. The molecule has 1 heterocycles. The summed E-state index contributed by atoms with van der Waals surface area (Å²) in [6.45, 7) is 9.54. The Balaban J connectivity index is 2.12. The number of ketones is 1. The van der Waals surface area contributed by atoms with Gasteiger partial charge >= 0.3 is 0 Å². The van der Waals surface area contributed by atoms with Crippen LogP contribution >= 0.6 is 0 Å². The quantitative estimate of drug-likeness (QED) is 0.175. The lowest BCUT2D eigenvalue weighted by Crippen LogP contribution is -2.54. The molecule has 1 aromatic rings. The predicted molar refractivity (Wildman–Crippen MR) is 187 cm³/mol. The highest BCUT2D eigenvalue weighted by Crippen LogP contribution is 2.29. The summed E-state index contributed by atoms with van der Waals surface area (Å²) in [5.74, 6) is -1.52. The van der Waals surface area contributed by atoms with Crippen molar-refractivity contribution in [1.82, 2.24) is 25.8 Å². The van der Waals surface area contributed by atoms with Crippen LogP contribution in [0.5, 0.6) is 5.75 Å². The van der Waals surface area contributed by atoms with E-state index < -0.39 is 36.3 Å². The number of likely N-dealkylation sites (N-methyl/N-ethyl adjacent to an activating group) is 2. The van der Waals surface area contributed by atoms with E-state index in [9.17, 15) is 24.0 Å². The van der Waals surface area contributed by atoms with Gasteiger partial charge in [0.05, 0.1) is 67.9 Å². The third-order valence-electron chi connectivity index (χ3n) is 9.56. The molecule has 13 heteroatoms. The van der Waals surface area contributed by atoms with Gasteiger partial charge < -0.3 is 40.0 Å². The Morgan fingerprint density at radius 1 is 1.00 bits per heavy atom. The number of carbonyl (C=O) groups is 5. The first kappa shape index (κ1) is 41.6. The second-order valence-electron chi connectivity index (χ2n) is 13.1. The molecule has 7 atom stereocenters. The molecule has 13 nitrogen and oxygen atoms in total. The first-order chi connectivity index (χ1) is 23.3. The van der Waals surface area contributed by atoms with E-state index in [2.05, 4.69) is 16.0 Å². The third kappa shape index (κ3) is 11.0. The summed E-state index contributed by atoms with van der Waals surface area (Å²) in [6, 6.07) is 4.86. The van der Waals surface area contributed by atoms with Gasteiger partial charge in [-0.05, 0) is 51.3 Å². The van der Waals surface area contributed by atoms with Gasteiger partial charge in [-0.15, -0.1) is 0 Å². The molecule has 1 saturated heterocycles. The molecule has 1 aliphatic heterocycles. The summed E-state index contributed by atoms with van der Waals surface area (Å²) < 4.78 is 17.0. The Morgan fingerprint density at radius 3 is 2.24 bits per heavy atom. The topological polar surface area (TPSA) is 156 Å². The molecule has 276 valence electrons. The molecule has 1 fully saturated rings. The second-order valence-corrected chi connectivity index (χ2v) is 13.1. The number of rotatable bonds is 20. The summed E-state index contributed by atoms with van der Waals surface area (Å²) in [7, 11) is 7.91. The van der Waals surface area contributed by atoms with Gasteiger partial charge in [0.25, 0.3) is 0 Å². The molecule has 4 amide bonds. The molecule has 0 spiro atoms. The van der Waals surface area contributed by atoms with Crippen LogP contribution in [0.1, 0.15) is 77.1 Å². The fourth-order valence-corrected chi connectivity index (χ4v) is 6.72. The van der Waals surface area contributed by atoms with Crippen LogP contribution in [0.2, 0.25) is 0 Å². The van der Waals surface area contributed by atoms with Gasteiger partial charge in [-0.1, -0.05) is 46.2 Å². The molecule has 0 saturated carbocycles. The molecule has 0 aliphatic carbocycles. The van der Waals surface area contributed by atoms with Crippen molar-refractivity contribution < 1.29 is 38.2 Å². The van der Waals surface area contributed by atoms with Crippen molar-refractivity contribution in [2.45, 2.75) is 103 Å². The lowest BCUT2D eigenvalue weighted by molar-refractivity contribution is -0.144. The SMILES string of the molecule is CCC[C@@H](C(CC(=O)N1CCCC1C(OC)C(C)C(=O)NC(C)C(=O)c1ccccc1OC)OC)N(C)C(=O)CNC(=O)C(NC)C(C)C. The van der Waals surface area contributed by atoms with Crippen molar-refractivity contribution in [3.8, 4) is 5.75 Å². The van der Waals surface area contributed by atoms with E-state index in [0.29, 0.717) is 30.7 Å². The average Bonchev–Trinajstić information content (AvgIpc) is 3.58. The maximum Gasteiger partial charge on any atom is 0.242 e. The van der Waals surface area contributed by atoms with Crippen molar-refractivity contribution in [2.24, 2.45) is 11.8 Å². The number of hydrogen-bond acceptors (Lipinski definition) is 9. The fourth-order valence-electron chi connectivity index (χ4n) is 6.72. The summed E-state index contributed by atoms with van der Waals surface area (Å²) in [4.78, 5) is 69.6. The Kier molecular flexibility index (Phi) is 17.2. The van der Waals surface area contributed by atoms with E-state index in [1.165, 1.54) is 21.3 Å². The van der Waals surface area contributed by atoms with Crippen LogP contribution in [-0.2, 0) is 28.7 Å². The van der Waals surface area contributed by atoms with Gasteiger partial charge in [-0.3, -0.25) is 24.0 Å². The molecule has 0 bridgehead atoms. The summed E-state index contributed by atoms with van der Waals surface area (Å²) >= 11 is 0. The van der Waals surface area contributed by atoms with Gasteiger partial charge in [0.2, 0.25) is 23.6 Å². The highest BCUT2D eigenvalue weighted by atomic mass is 16.5. The maximum absolute atomic E-state index is 13.9. The van der Waals surface area contributed by atoms with Crippen LogP contribution < -0.4 is 20.7 Å². The van der Waals surface area contributed by atoms with E-state index in [0.717, 1.165) is 12.8 Å². The Morgan fingerprint density at radius 2 is 1.67 bits per heavy atom. The molecule has 0 radical (unpaired) electrons. The molecule has 1 aromatic carbocycles. The molecule has 0 aromatic heterocycles. The van der Waals surface area contributed by atoms with Crippen LogP contribution in [-0.4, -0.2) is 124 Å². The van der Waals surface area contributed by atoms with Gasteiger partial charge in [0.1, 0.15) is 5.75 Å². The highest BCUT2D eigenvalue weighted by Gasteiger charge is 2.41. The standard InChI is InChI=1S/C36H59N5O8/c1-11-15-26(40(7)31(43)21-38-36(46)32(37-6)22(2)3)29(48-9)20-30(42)41-19-14-17-27(41)34(49-10)23(4)35(45)39-24(5)33(44)25-16-12-13-18-28(25)47-8/h12-13,16,18,22-24,26-27,29,32,34,37H,11,14-15,17,19-21H2,1-10H3,(H,38,46)(H,39,45)/t23?,24?,26-,27?,29?,32?,34?/m0/s1. The number of carbonyl (C=O) groups excluding carboxylic acids is 5. The molecule has 2 rings (SSSR count). The number of nitrogens with one attached hydrogen (secondary N) is 3. The van der Waals surface area contributed by atoms with Crippen molar-refractivity contribution in [1.29, 1.82) is 0 Å². The first-order valence-corrected chi connectivity index (χ1v) is 17.3. The maximum atomic E-state index is 13.9. The van der Waals surface area contributed by atoms with Crippen LogP contribution in [0.4, 0.5) is 0 Å². The van der Waals surface area contributed by atoms with Crippen molar-refractivity contribution in [3.63, 3.8) is 0 Å². The van der Waals surface area contributed by atoms with E-state index in [-0.39, 0.29) is 54.3 Å². The Hall–Kier alpha value is -3.55. The van der Waals surface area contributed by atoms with Crippen LogP contribution in [0.15, 0.2) is 24.3 Å². The molecular weight excluding hydrogens is 630 g/mol. The number of amides is 4. The van der Waals surface area contributed by atoms with Crippen LogP contribution in [0.3, 0.4) is 0 Å². The molecule has 49 heavy (non-hydrogen) atoms. The van der Waals surface area contributed by atoms with E-state index in [1.54, 1.807) is 62.0 Å². The number of Topliss-reactive ketones (excluding diaryl/α,β-unsaturated/α-hetero) is 1. The van der Waals surface area contributed by atoms with Crippen molar-refractivity contribution >= 4 is 29.4 Å². The molecule has 6 unspecified atom stereocenters. The number of nitrogens with zero attached hydrogens (tertiary/aromatic N) is 2. The summed E-state index contributed by atoms with van der Waals surface area (Å²) in [6.07, 6.45) is 1.55. The summed E-state index contributed by atoms with van der Waals surface area (Å²) in [5.41, 5.74) is 0.376. The summed E-state index contributed by atoms with van der Waals surface area (Å²) in [5, 5.41) is 8.53. The molecule has 3 N–H and O–H groups in total. The van der Waals surface area contributed by atoms with Crippen molar-refractivity contribution in [2.75, 3.05) is 48.5 Å². The van der Waals surface area contributed by atoms with Crippen molar-refractivity contribution in [3.05, 3.63) is 29.8 Å². The minimum atomic E-state index is -0.809. The zero-order valence-corrected chi connectivity index (χ0v) is 31.0. The van der Waals surface area contributed by atoms with Gasteiger partial charge in [0.15, 0.2) is 5.78 Å². The number of hydrogen-bond donors (Lipinski definition) is 3.